The molecular weight excluding hydrogens is 297 g/mol. The summed E-state index contributed by atoms with van der Waals surface area (Å²) in [5.41, 5.74) is 0. The van der Waals surface area contributed by atoms with Gasteiger partial charge in [-0.25, -0.2) is 0 Å². The molecule has 0 saturated heterocycles. The van der Waals surface area contributed by atoms with Crippen LogP contribution in [0.4, 0.5) is 0 Å². The van der Waals surface area contributed by atoms with Gasteiger partial charge in [0, 0.05) is 22.0 Å². The highest BCUT2D eigenvalue weighted by atomic mass is 127. The number of hydrogen-bond acceptors (Lipinski definition) is 2. The van der Waals surface area contributed by atoms with Crippen molar-refractivity contribution in [1.82, 2.24) is 0 Å². The molecule has 0 aliphatic rings. The van der Waals surface area contributed by atoms with Crippen LogP contribution in [0.5, 0.6) is 0 Å². The van der Waals surface area contributed by atoms with Crippen molar-refractivity contribution in [2.24, 2.45) is 0 Å². The van der Waals surface area contributed by atoms with Crippen molar-refractivity contribution in [2.75, 3.05) is 6.61 Å². The van der Waals surface area contributed by atoms with Gasteiger partial charge in [-0.1, -0.05) is 26.2 Å². The second kappa shape index (κ2) is 6.70. The van der Waals surface area contributed by atoms with Gasteiger partial charge in [0.2, 0.25) is 0 Å². The maximum atomic E-state index is 10.8. The standard InChI is InChI=1S/C6H13ClIO2P/c1-2-3-4-5-6-10-11(7,8)9/h2-6H2,1H3. The molecular formula is C6H13ClIO2P. The summed E-state index contributed by atoms with van der Waals surface area (Å²) >= 11 is 7.00. The van der Waals surface area contributed by atoms with Crippen LogP contribution in [0.15, 0.2) is 0 Å². The smallest absolute Gasteiger partial charge is 0.310 e. The Hall–Kier alpha value is 1.21. The monoisotopic (exact) mass is 310 g/mol. The third-order valence-corrected chi connectivity index (χ3v) is 2.85. The van der Waals surface area contributed by atoms with Crippen molar-refractivity contribution < 1.29 is 9.09 Å². The van der Waals surface area contributed by atoms with E-state index in [0.29, 0.717) is 6.61 Å². The Labute approximate surface area is 85.8 Å². The molecule has 0 aromatic heterocycles. The first-order valence-corrected chi connectivity index (χ1v) is 9.01. The Balaban J connectivity index is 3.09. The topological polar surface area (TPSA) is 26.3 Å². The molecule has 1 unspecified atom stereocenters. The van der Waals surface area contributed by atoms with Crippen LogP contribution < -0.4 is 0 Å². The molecule has 0 fully saturated rings. The summed E-state index contributed by atoms with van der Waals surface area (Å²) in [4.78, 5) is 0. The molecule has 0 amide bonds. The quantitative estimate of drug-likeness (QED) is 0.414. The van der Waals surface area contributed by atoms with E-state index in [-0.39, 0.29) is 0 Å². The minimum atomic E-state index is -2.77. The van der Waals surface area contributed by atoms with E-state index in [1.54, 1.807) is 22.0 Å². The minimum absolute atomic E-state index is 0.518. The zero-order valence-corrected chi connectivity index (χ0v) is 10.4. The maximum Gasteiger partial charge on any atom is 0.347 e. The highest BCUT2D eigenvalue weighted by Crippen LogP contribution is 2.60. The maximum absolute atomic E-state index is 10.8. The lowest BCUT2D eigenvalue weighted by molar-refractivity contribution is 0.323. The van der Waals surface area contributed by atoms with Crippen molar-refractivity contribution >= 4 is 37.6 Å². The summed E-state index contributed by atoms with van der Waals surface area (Å²) in [5.74, 6) is 0. The van der Waals surface area contributed by atoms with Crippen LogP contribution in [0.3, 0.4) is 0 Å². The van der Waals surface area contributed by atoms with Crippen molar-refractivity contribution in [2.45, 2.75) is 32.6 Å². The number of hydrogen-bond donors (Lipinski definition) is 0. The lowest BCUT2D eigenvalue weighted by Gasteiger charge is -2.03. The van der Waals surface area contributed by atoms with Gasteiger partial charge in [0.15, 0.2) is 0 Å². The van der Waals surface area contributed by atoms with E-state index < -0.39 is 4.36 Å². The number of halogens is 2. The normalized spacial score (nSPS) is 16.3. The second-order valence-corrected chi connectivity index (χ2v) is 10.3. The van der Waals surface area contributed by atoms with E-state index in [1.165, 1.54) is 12.8 Å². The first-order chi connectivity index (χ1) is 5.06. The molecule has 0 rings (SSSR count). The van der Waals surface area contributed by atoms with Gasteiger partial charge >= 0.3 is 4.36 Å². The first kappa shape index (κ1) is 12.2. The summed E-state index contributed by atoms with van der Waals surface area (Å²) in [7, 11) is 0. The van der Waals surface area contributed by atoms with E-state index in [2.05, 4.69) is 6.92 Å². The summed E-state index contributed by atoms with van der Waals surface area (Å²) in [5, 5.41) is 0. The Kier molecular flexibility index (Phi) is 7.43. The summed E-state index contributed by atoms with van der Waals surface area (Å²) in [6.07, 6.45) is 4.48. The van der Waals surface area contributed by atoms with Crippen LogP contribution in [-0.4, -0.2) is 6.61 Å². The number of unbranched alkanes of at least 4 members (excludes halogenated alkanes) is 3. The Bertz CT molecular complexity index is 137. The highest BCUT2D eigenvalue weighted by Gasteiger charge is 2.11. The summed E-state index contributed by atoms with van der Waals surface area (Å²) in [6, 6.07) is 0. The SMILES string of the molecule is CCCCCCOP(=O)(Cl)I. The van der Waals surface area contributed by atoms with Gasteiger partial charge in [-0.15, -0.1) is 0 Å². The minimum Gasteiger partial charge on any atom is -0.310 e. The third-order valence-electron chi connectivity index (χ3n) is 1.24. The molecule has 0 aromatic rings. The van der Waals surface area contributed by atoms with E-state index >= 15 is 0 Å². The van der Waals surface area contributed by atoms with Gasteiger partial charge in [0.1, 0.15) is 0 Å². The largest absolute Gasteiger partial charge is 0.347 e. The Morgan fingerprint density at radius 2 is 2.09 bits per heavy atom. The molecule has 0 aliphatic carbocycles. The molecule has 0 spiro atoms. The predicted octanol–water partition coefficient (Wildman–Crippen LogP) is 4.37. The number of rotatable bonds is 6. The molecule has 0 N–H and O–H groups in total. The average Bonchev–Trinajstić information content (AvgIpc) is 1.85. The van der Waals surface area contributed by atoms with Gasteiger partial charge in [-0.2, -0.15) is 0 Å². The zero-order valence-electron chi connectivity index (χ0n) is 6.56. The lowest BCUT2D eigenvalue weighted by atomic mass is 10.2. The molecule has 0 aliphatic heterocycles. The van der Waals surface area contributed by atoms with Gasteiger partial charge in [-0.3, -0.25) is 4.57 Å². The van der Waals surface area contributed by atoms with Crippen LogP contribution in [-0.2, 0) is 9.09 Å². The molecule has 1 atom stereocenters. The van der Waals surface area contributed by atoms with Gasteiger partial charge in [0.05, 0.1) is 6.61 Å². The lowest BCUT2D eigenvalue weighted by Crippen LogP contribution is -1.86. The molecule has 5 heteroatoms. The Morgan fingerprint density at radius 1 is 1.45 bits per heavy atom. The Morgan fingerprint density at radius 3 is 2.55 bits per heavy atom. The van der Waals surface area contributed by atoms with Gasteiger partial charge < -0.3 is 4.52 Å². The van der Waals surface area contributed by atoms with Gasteiger partial charge in [0.25, 0.3) is 0 Å². The molecule has 11 heavy (non-hydrogen) atoms. The fourth-order valence-corrected chi connectivity index (χ4v) is 1.84. The van der Waals surface area contributed by atoms with Crippen molar-refractivity contribution in [3.8, 4) is 0 Å². The zero-order chi connectivity index (χ0) is 8.74. The fraction of sp³-hybridized carbons (Fsp3) is 1.00. The molecule has 0 aromatic carbocycles. The molecule has 68 valence electrons. The molecule has 0 radical (unpaired) electrons. The summed E-state index contributed by atoms with van der Waals surface area (Å²) in [6.45, 7) is 2.66. The van der Waals surface area contributed by atoms with E-state index in [0.717, 1.165) is 12.8 Å². The van der Waals surface area contributed by atoms with Crippen molar-refractivity contribution in [3.63, 3.8) is 0 Å². The third kappa shape index (κ3) is 11.2. The van der Waals surface area contributed by atoms with Gasteiger partial charge in [-0.05, 0) is 17.7 Å². The van der Waals surface area contributed by atoms with E-state index in [9.17, 15) is 4.57 Å². The van der Waals surface area contributed by atoms with Crippen molar-refractivity contribution in [3.05, 3.63) is 0 Å². The average molecular weight is 310 g/mol. The molecule has 0 heterocycles. The molecule has 0 saturated carbocycles. The second-order valence-electron chi connectivity index (χ2n) is 2.31. The van der Waals surface area contributed by atoms with Crippen LogP contribution in [0.1, 0.15) is 32.6 Å². The van der Waals surface area contributed by atoms with E-state index in [4.69, 9.17) is 15.8 Å². The van der Waals surface area contributed by atoms with Crippen LogP contribution >= 0.6 is 37.6 Å². The van der Waals surface area contributed by atoms with Crippen molar-refractivity contribution in [1.29, 1.82) is 0 Å². The fourth-order valence-electron chi connectivity index (χ4n) is 0.700. The van der Waals surface area contributed by atoms with Crippen LogP contribution in [0.2, 0.25) is 0 Å². The van der Waals surface area contributed by atoms with E-state index in [1.807, 2.05) is 0 Å². The summed E-state index contributed by atoms with van der Waals surface area (Å²) < 4.78 is 12.9. The highest BCUT2D eigenvalue weighted by molar-refractivity contribution is 14.2. The van der Waals surface area contributed by atoms with Crippen LogP contribution in [0, 0.1) is 0 Å². The molecule has 2 nitrogen and oxygen atoms in total. The first-order valence-electron chi connectivity index (χ1n) is 3.70. The van der Waals surface area contributed by atoms with Crippen LogP contribution in [0.25, 0.3) is 0 Å². The predicted molar refractivity (Wildman–Crippen MR) is 57.6 cm³/mol. The molecule has 0 bridgehead atoms.